The van der Waals surface area contributed by atoms with Crippen LogP contribution in [0.4, 0.5) is 0 Å². The maximum Gasteiger partial charge on any atom is 0.306 e. The van der Waals surface area contributed by atoms with E-state index < -0.39 is 6.10 Å². The maximum absolute atomic E-state index is 12.6. The molecule has 0 aliphatic rings. The van der Waals surface area contributed by atoms with Gasteiger partial charge in [0.1, 0.15) is 13.2 Å². The highest BCUT2D eigenvalue weighted by atomic mass is 16.6. The van der Waals surface area contributed by atoms with E-state index >= 15 is 0 Å². The first kappa shape index (κ1) is 54.4. The molecule has 0 spiro atoms. The minimum atomic E-state index is -0.756. The Morgan fingerprint density at radius 2 is 0.482 bits per heavy atom. The molecule has 0 aliphatic heterocycles. The summed E-state index contributed by atoms with van der Waals surface area (Å²) in [4.78, 5) is 37.4. The normalized spacial score (nSPS) is 11.8. The summed E-state index contributed by atoms with van der Waals surface area (Å²) in [7, 11) is 0. The SMILES string of the molecule is CCCCCCCCCCCCCCCCCCCCCCCCCCCC(=O)OCC(COC(=O)CCCCCCCC)OC(=O)CCCCCCCCC. The molecule has 6 heteroatoms. The van der Waals surface area contributed by atoms with E-state index in [1.54, 1.807) is 0 Å². The van der Waals surface area contributed by atoms with Gasteiger partial charge in [0.25, 0.3) is 0 Å². The highest BCUT2D eigenvalue weighted by Crippen LogP contribution is 2.17. The van der Waals surface area contributed by atoms with Gasteiger partial charge in [-0.05, 0) is 19.3 Å². The van der Waals surface area contributed by atoms with Crippen LogP contribution in [0.3, 0.4) is 0 Å². The lowest BCUT2D eigenvalue weighted by Crippen LogP contribution is -2.30. The van der Waals surface area contributed by atoms with Crippen LogP contribution in [0.2, 0.25) is 0 Å². The molecule has 0 aliphatic carbocycles. The zero-order valence-electron chi connectivity index (χ0n) is 37.9. The van der Waals surface area contributed by atoms with Gasteiger partial charge in [-0.1, -0.05) is 245 Å². The van der Waals surface area contributed by atoms with Crippen molar-refractivity contribution in [3.8, 4) is 0 Å². The van der Waals surface area contributed by atoms with Gasteiger partial charge in [0.15, 0.2) is 6.10 Å². The molecule has 0 aromatic heterocycles. The van der Waals surface area contributed by atoms with E-state index in [-0.39, 0.29) is 31.1 Å². The van der Waals surface area contributed by atoms with Crippen LogP contribution in [0.15, 0.2) is 0 Å². The van der Waals surface area contributed by atoms with Gasteiger partial charge in [0, 0.05) is 19.3 Å². The second-order valence-electron chi connectivity index (χ2n) is 17.1. The predicted molar refractivity (Wildman–Crippen MR) is 238 cm³/mol. The Morgan fingerprint density at radius 1 is 0.286 bits per heavy atom. The molecule has 0 saturated heterocycles. The van der Waals surface area contributed by atoms with Crippen molar-refractivity contribution < 1.29 is 28.6 Å². The smallest absolute Gasteiger partial charge is 0.306 e. The van der Waals surface area contributed by atoms with Crippen molar-refractivity contribution in [2.75, 3.05) is 13.2 Å². The molecule has 1 unspecified atom stereocenters. The lowest BCUT2D eigenvalue weighted by atomic mass is 10.0. The Labute approximate surface area is 348 Å². The molecule has 0 heterocycles. The second-order valence-corrected chi connectivity index (χ2v) is 17.1. The minimum absolute atomic E-state index is 0.0642. The fourth-order valence-electron chi connectivity index (χ4n) is 7.56. The highest BCUT2D eigenvalue weighted by molar-refractivity contribution is 5.71. The Morgan fingerprint density at radius 3 is 0.714 bits per heavy atom. The van der Waals surface area contributed by atoms with Crippen molar-refractivity contribution in [2.45, 2.75) is 290 Å². The van der Waals surface area contributed by atoms with E-state index in [4.69, 9.17) is 14.2 Å². The zero-order chi connectivity index (χ0) is 40.8. The summed E-state index contributed by atoms with van der Waals surface area (Å²) in [6, 6.07) is 0. The largest absolute Gasteiger partial charge is 0.462 e. The third kappa shape index (κ3) is 43.5. The van der Waals surface area contributed by atoms with Gasteiger partial charge in [0.2, 0.25) is 0 Å². The molecule has 0 saturated carbocycles. The topological polar surface area (TPSA) is 78.9 Å². The summed E-state index contributed by atoms with van der Waals surface area (Å²) >= 11 is 0. The Hall–Kier alpha value is -1.59. The van der Waals surface area contributed by atoms with E-state index in [0.717, 1.165) is 57.8 Å². The number of hydrogen-bond acceptors (Lipinski definition) is 6. The molecule has 0 rings (SSSR count). The molecule has 0 N–H and O–H groups in total. The summed E-state index contributed by atoms with van der Waals surface area (Å²) in [5.41, 5.74) is 0. The number of carbonyl (C=O) groups excluding carboxylic acids is 3. The Balaban J connectivity index is 3.89. The predicted octanol–water partition coefficient (Wildman–Crippen LogP) is 16.0. The summed E-state index contributed by atoms with van der Waals surface area (Å²) in [6.45, 7) is 6.56. The summed E-state index contributed by atoms with van der Waals surface area (Å²) in [6.07, 6.45) is 48.6. The zero-order valence-corrected chi connectivity index (χ0v) is 37.9. The van der Waals surface area contributed by atoms with Crippen LogP contribution in [0, 0.1) is 0 Å². The number of esters is 3. The first-order valence-electron chi connectivity index (χ1n) is 25.0. The molecule has 1 atom stereocenters. The third-order valence-electron chi connectivity index (χ3n) is 11.4. The minimum Gasteiger partial charge on any atom is -0.462 e. The van der Waals surface area contributed by atoms with E-state index in [2.05, 4.69) is 20.8 Å². The molecule has 332 valence electrons. The highest BCUT2D eigenvalue weighted by Gasteiger charge is 2.19. The monoisotopic (exact) mass is 793 g/mol. The molecule has 0 amide bonds. The summed E-state index contributed by atoms with van der Waals surface area (Å²) in [5.74, 6) is -0.868. The van der Waals surface area contributed by atoms with Crippen molar-refractivity contribution >= 4 is 17.9 Å². The van der Waals surface area contributed by atoms with Crippen LogP contribution in [0.25, 0.3) is 0 Å². The number of carbonyl (C=O) groups is 3. The molecule has 0 radical (unpaired) electrons. The van der Waals surface area contributed by atoms with Gasteiger partial charge in [-0.2, -0.15) is 0 Å². The molecule has 6 nitrogen and oxygen atoms in total. The van der Waals surface area contributed by atoms with Gasteiger partial charge in [-0.15, -0.1) is 0 Å². The van der Waals surface area contributed by atoms with Crippen LogP contribution in [-0.4, -0.2) is 37.2 Å². The quantitative estimate of drug-likeness (QED) is 0.0347. The number of hydrogen-bond donors (Lipinski definition) is 0. The third-order valence-corrected chi connectivity index (χ3v) is 11.4. The summed E-state index contributed by atoms with van der Waals surface area (Å²) < 4.78 is 16.6. The standard InChI is InChI=1S/C50H96O6/c1-4-7-10-13-16-17-18-19-20-21-22-23-24-25-26-27-28-29-30-31-32-33-35-37-40-43-49(52)55-46-47(45-54-48(51)42-39-36-15-12-9-6-3)56-50(53)44-41-38-34-14-11-8-5-2/h47H,4-46H2,1-3H3. The Kier molecular flexibility index (Phi) is 44.8. The van der Waals surface area contributed by atoms with Crippen LogP contribution >= 0.6 is 0 Å². The lowest BCUT2D eigenvalue weighted by Gasteiger charge is -2.18. The number of unbranched alkanes of at least 4 members (excludes halogenated alkanes) is 35. The Bertz CT molecular complexity index is 828. The van der Waals surface area contributed by atoms with Gasteiger partial charge in [-0.25, -0.2) is 0 Å². The fourth-order valence-corrected chi connectivity index (χ4v) is 7.56. The van der Waals surface area contributed by atoms with Crippen molar-refractivity contribution in [3.63, 3.8) is 0 Å². The first-order chi connectivity index (χ1) is 27.5. The van der Waals surface area contributed by atoms with Crippen LogP contribution in [0.5, 0.6) is 0 Å². The molecular formula is C50H96O6. The van der Waals surface area contributed by atoms with Crippen LogP contribution in [-0.2, 0) is 28.6 Å². The van der Waals surface area contributed by atoms with Gasteiger partial charge in [0.05, 0.1) is 0 Å². The molecule has 0 aromatic carbocycles. The van der Waals surface area contributed by atoms with E-state index in [0.29, 0.717) is 19.3 Å². The van der Waals surface area contributed by atoms with Crippen molar-refractivity contribution in [3.05, 3.63) is 0 Å². The molecule has 56 heavy (non-hydrogen) atoms. The number of ether oxygens (including phenoxy) is 3. The maximum atomic E-state index is 12.6. The molecule has 0 bridgehead atoms. The average Bonchev–Trinajstić information content (AvgIpc) is 3.19. The first-order valence-corrected chi connectivity index (χ1v) is 25.0. The van der Waals surface area contributed by atoms with Crippen molar-refractivity contribution in [1.82, 2.24) is 0 Å². The van der Waals surface area contributed by atoms with E-state index in [1.807, 2.05) is 0 Å². The second kappa shape index (κ2) is 46.1. The van der Waals surface area contributed by atoms with Gasteiger partial charge < -0.3 is 14.2 Å². The average molecular weight is 793 g/mol. The number of rotatable bonds is 46. The van der Waals surface area contributed by atoms with Crippen LogP contribution in [0.1, 0.15) is 284 Å². The van der Waals surface area contributed by atoms with Gasteiger partial charge in [-0.3, -0.25) is 14.4 Å². The van der Waals surface area contributed by atoms with Crippen molar-refractivity contribution in [1.29, 1.82) is 0 Å². The van der Waals surface area contributed by atoms with Gasteiger partial charge >= 0.3 is 17.9 Å². The van der Waals surface area contributed by atoms with E-state index in [9.17, 15) is 14.4 Å². The van der Waals surface area contributed by atoms with E-state index in [1.165, 1.54) is 186 Å². The fraction of sp³-hybridized carbons (Fsp3) is 0.940. The lowest BCUT2D eigenvalue weighted by molar-refractivity contribution is -0.167. The molecular weight excluding hydrogens is 697 g/mol. The van der Waals surface area contributed by atoms with Crippen LogP contribution < -0.4 is 0 Å². The molecule has 0 aromatic rings. The van der Waals surface area contributed by atoms with Crippen molar-refractivity contribution in [2.24, 2.45) is 0 Å². The molecule has 0 fully saturated rings. The summed E-state index contributed by atoms with van der Waals surface area (Å²) in [5, 5.41) is 0.